The van der Waals surface area contributed by atoms with E-state index < -0.39 is 10.0 Å². The van der Waals surface area contributed by atoms with E-state index >= 15 is 0 Å². The van der Waals surface area contributed by atoms with Crippen LogP contribution in [0.15, 0.2) is 29.2 Å². The van der Waals surface area contributed by atoms with E-state index in [2.05, 4.69) is 13.8 Å². The number of rotatable bonds is 8. The topological polar surface area (TPSA) is 37.4 Å². The van der Waals surface area contributed by atoms with Crippen molar-refractivity contribution in [1.29, 1.82) is 0 Å². The first-order chi connectivity index (χ1) is 11.1. The smallest absolute Gasteiger partial charge is 0.207 e. The van der Waals surface area contributed by atoms with Crippen LogP contribution in [-0.4, -0.2) is 25.3 Å². The van der Waals surface area contributed by atoms with Crippen LogP contribution in [-0.2, 0) is 16.4 Å². The monoisotopic (exact) mass is 337 g/mol. The molecule has 0 spiro atoms. The molecule has 23 heavy (non-hydrogen) atoms. The average Bonchev–Trinajstić information content (AvgIpc) is 2.59. The van der Waals surface area contributed by atoms with Crippen LogP contribution in [0.1, 0.15) is 70.8 Å². The fraction of sp³-hybridized carbons (Fsp3) is 0.684. The Labute approximate surface area is 142 Å². The van der Waals surface area contributed by atoms with Gasteiger partial charge < -0.3 is 0 Å². The summed E-state index contributed by atoms with van der Waals surface area (Å²) in [6, 6.07) is 7.74. The number of sulfonamides is 1. The Morgan fingerprint density at radius 3 is 2.43 bits per heavy atom. The van der Waals surface area contributed by atoms with Crippen LogP contribution in [0.5, 0.6) is 0 Å². The lowest BCUT2D eigenvalue weighted by molar-refractivity contribution is 0.246. The molecule has 0 radical (unpaired) electrons. The third kappa shape index (κ3) is 4.80. The van der Waals surface area contributed by atoms with Crippen molar-refractivity contribution < 1.29 is 8.42 Å². The lowest BCUT2D eigenvalue weighted by Gasteiger charge is -2.34. The molecule has 1 aromatic carbocycles. The second-order valence-electron chi connectivity index (χ2n) is 6.63. The van der Waals surface area contributed by atoms with E-state index in [1.165, 1.54) is 31.2 Å². The van der Waals surface area contributed by atoms with Crippen molar-refractivity contribution >= 4 is 10.0 Å². The molecule has 0 N–H and O–H groups in total. The Morgan fingerprint density at radius 2 is 1.78 bits per heavy atom. The van der Waals surface area contributed by atoms with Gasteiger partial charge >= 0.3 is 0 Å². The van der Waals surface area contributed by atoms with Gasteiger partial charge in [0.05, 0.1) is 4.90 Å². The lowest BCUT2D eigenvalue weighted by atomic mass is 10.0. The number of benzene rings is 1. The maximum atomic E-state index is 12.9. The Morgan fingerprint density at radius 1 is 1.04 bits per heavy atom. The maximum Gasteiger partial charge on any atom is 0.243 e. The molecular formula is C19H31NO2S. The van der Waals surface area contributed by atoms with Crippen molar-refractivity contribution in [3.8, 4) is 0 Å². The molecule has 1 fully saturated rings. The molecule has 1 unspecified atom stereocenters. The number of hydrogen-bond donors (Lipinski definition) is 0. The molecule has 0 bridgehead atoms. The molecule has 0 amide bonds. The number of piperidine rings is 1. The van der Waals surface area contributed by atoms with E-state index in [0.717, 1.165) is 32.1 Å². The zero-order valence-corrected chi connectivity index (χ0v) is 15.4. The summed E-state index contributed by atoms with van der Waals surface area (Å²) in [7, 11) is -3.34. The van der Waals surface area contributed by atoms with E-state index in [1.54, 1.807) is 16.4 Å². The zero-order valence-electron chi connectivity index (χ0n) is 14.6. The van der Waals surface area contributed by atoms with E-state index in [-0.39, 0.29) is 6.04 Å². The summed E-state index contributed by atoms with van der Waals surface area (Å²) in [5.74, 6) is 0. The second kappa shape index (κ2) is 8.84. The normalized spacial score (nSPS) is 19.8. The van der Waals surface area contributed by atoms with Gasteiger partial charge in [0, 0.05) is 12.6 Å². The first kappa shape index (κ1) is 18.5. The van der Waals surface area contributed by atoms with Crippen LogP contribution in [0.25, 0.3) is 0 Å². The van der Waals surface area contributed by atoms with Crippen LogP contribution in [0.3, 0.4) is 0 Å². The van der Waals surface area contributed by atoms with Crippen molar-refractivity contribution in [2.24, 2.45) is 0 Å². The molecule has 0 saturated carbocycles. The molecule has 0 aliphatic carbocycles. The summed E-state index contributed by atoms with van der Waals surface area (Å²) < 4.78 is 27.5. The Kier molecular flexibility index (Phi) is 7.09. The Balaban J connectivity index is 2.04. The third-order valence-corrected chi connectivity index (χ3v) is 6.86. The molecule has 1 atom stereocenters. The fourth-order valence-corrected chi connectivity index (χ4v) is 5.18. The van der Waals surface area contributed by atoms with E-state index in [0.29, 0.717) is 11.4 Å². The standard InChI is InChI=1S/C19H31NO2S/c1-3-5-6-7-10-17-12-14-19(15-13-17)23(21,22)20-16-9-8-11-18(20)4-2/h12-15,18H,3-11,16H2,1-2H3. The van der Waals surface area contributed by atoms with Gasteiger partial charge in [-0.1, -0.05) is 51.7 Å². The first-order valence-corrected chi connectivity index (χ1v) is 10.6. The molecule has 1 saturated heterocycles. The molecule has 0 aromatic heterocycles. The van der Waals surface area contributed by atoms with Gasteiger partial charge in [0.15, 0.2) is 0 Å². The highest BCUT2D eigenvalue weighted by Crippen LogP contribution is 2.27. The van der Waals surface area contributed by atoms with Gasteiger partial charge in [-0.25, -0.2) is 8.42 Å². The predicted octanol–water partition coefficient (Wildman–Crippen LogP) is 4.76. The highest BCUT2D eigenvalue weighted by molar-refractivity contribution is 7.89. The maximum absolute atomic E-state index is 12.9. The van der Waals surface area contributed by atoms with E-state index in [4.69, 9.17) is 0 Å². The van der Waals surface area contributed by atoms with Gasteiger partial charge in [0.1, 0.15) is 0 Å². The molecule has 130 valence electrons. The van der Waals surface area contributed by atoms with Crippen LogP contribution < -0.4 is 0 Å². The summed E-state index contributed by atoms with van der Waals surface area (Å²) in [4.78, 5) is 0.454. The van der Waals surface area contributed by atoms with Crippen LogP contribution in [0, 0.1) is 0 Å². The molecular weight excluding hydrogens is 306 g/mol. The molecule has 2 rings (SSSR count). The van der Waals surface area contributed by atoms with Crippen molar-refractivity contribution in [2.45, 2.75) is 82.6 Å². The van der Waals surface area contributed by atoms with Gasteiger partial charge in [-0.3, -0.25) is 0 Å². The third-order valence-electron chi connectivity index (χ3n) is 4.89. The highest BCUT2D eigenvalue weighted by atomic mass is 32.2. The summed E-state index contributed by atoms with van der Waals surface area (Å²) in [6.45, 7) is 4.96. The molecule has 1 heterocycles. The summed E-state index contributed by atoms with van der Waals surface area (Å²) in [6.07, 6.45) is 10.0. The summed E-state index contributed by atoms with van der Waals surface area (Å²) in [5, 5.41) is 0. The Hall–Kier alpha value is -0.870. The lowest BCUT2D eigenvalue weighted by Crippen LogP contribution is -2.43. The van der Waals surface area contributed by atoms with Gasteiger partial charge in [0.2, 0.25) is 10.0 Å². The number of unbranched alkanes of at least 4 members (excludes halogenated alkanes) is 3. The fourth-order valence-electron chi connectivity index (χ4n) is 3.42. The minimum atomic E-state index is -3.34. The number of nitrogens with zero attached hydrogens (tertiary/aromatic N) is 1. The van der Waals surface area contributed by atoms with Gasteiger partial charge in [-0.15, -0.1) is 0 Å². The van der Waals surface area contributed by atoms with Gasteiger partial charge in [-0.05, 0) is 49.8 Å². The first-order valence-electron chi connectivity index (χ1n) is 9.20. The summed E-state index contributed by atoms with van der Waals surface area (Å²) >= 11 is 0. The highest BCUT2D eigenvalue weighted by Gasteiger charge is 2.32. The van der Waals surface area contributed by atoms with Crippen molar-refractivity contribution in [2.75, 3.05) is 6.54 Å². The molecule has 1 aliphatic heterocycles. The van der Waals surface area contributed by atoms with E-state index in [9.17, 15) is 8.42 Å². The average molecular weight is 338 g/mol. The Bertz CT molecular complexity index is 566. The van der Waals surface area contributed by atoms with Crippen molar-refractivity contribution in [1.82, 2.24) is 4.31 Å². The minimum Gasteiger partial charge on any atom is -0.207 e. The molecule has 1 aliphatic rings. The van der Waals surface area contributed by atoms with E-state index in [1.807, 2.05) is 12.1 Å². The van der Waals surface area contributed by atoms with Crippen LogP contribution >= 0.6 is 0 Å². The second-order valence-corrected chi connectivity index (χ2v) is 8.52. The SMILES string of the molecule is CCCCCCc1ccc(S(=O)(=O)N2CCCCC2CC)cc1. The number of aryl methyl sites for hydroxylation is 1. The van der Waals surface area contributed by atoms with Crippen LogP contribution in [0.4, 0.5) is 0 Å². The van der Waals surface area contributed by atoms with Gasteiger partial charge in [-0.2, -0.15) is 4.31 Å². The number of hydrogen-bond acceptors (Lipinski definition) is 2. The van der Waals surface area contributed by atoms with Crippen molar-refractivity contribution in [3.05, 3.63) is 29.8 Å². The molecule has 3 nitrogen and oxygen atoms in total. The van der Waals surface area contributed by atoms with Crippen LogP contribution in [0.2, 0.25) is 0 Å². The largest absolute Gasteiger partial charge is 0.243 e. The molecule has 1 aromatic rings. The predicted molar refractivity (Wildman–Crippen MR) is 96.1 cm³/mol. The minimum absolute atomic E-state index is 0.169. The quantitative estimate of drug-likeness (QED) is 0.641. The zero-order chi connectivity index (χ0) is 16.7. The molecule has 4 heteroatoms. The summed E-state index contributed by atoms with van der Waals surface area (Å²) in [5.41, 5.74) is 1.24. The van der Waals surface area contributed by atoms with Crippen molar-refractivity contribution in [3.63, 3.8) is 0 Å². The van der Waals surface area contributed by atoms with Gasteiger partial charge in [0.25, 0.3) is 0 Å².